The molecule has 2 aromatic rings. The van der Waals surface area contributed by atoms with Crippen LogP contribution in [0.2, 0.25) is 0 Å². The van der Waals surface area contributed by atoms with Gasteiger partial charge in [-0.2, -0.15) is 0 Å². The Hall–Kier alpha value is -2.63. The van der Waals surface area contributed by atoms with Gasteiger partial charge >= 0.3 is 0 Å². The van der Waals surface area contributed by atoms with E-state index in [1.165, 1.54) is 0 Å². The molecule has 0 saturated carbocycles. The van der Waals surface area contributed by atoms with E-state index in [0.717, 1.165) is 17.7 Å². The number of benzene rings is 1. The fourth-order valence-electron chi connectivity index (χ4n) is 2.31. The molecule has 134 valence electrons. The number of carbonyl (C=O) groups excluding carboxylic acids is 1. The van der Waals surface area contributed by atoms with Crippen molar-refractivity contribution in [2.24, 2.45) is 5.92 Å². The standard InChI is InChI=1S/C19H26N4O2/c1-13(2)8-9-20-18(24)17-12-22-19(23-14(17)3)21-11-15-6-5-7-16(10-15)25-4/h5-7,10,12-13H,8-9,11H2,1-4H3,(H,20,24)(H,21,22,23). The van der Waals surface area contributed by atoms with Crippen molar-refractivity contribution in [2.45, 2.75) is 33.7 Å². The summed E-state index contributed by atoms with van der Waals surface area (Å²) in [5, 5.41) is 6.08. The molecule has 2 rings (SSSR count). The van der Waals surface area contributed by atoms with Crippen molar-refractivity contribution < 1.29 is 9.53 Å². The minimum Gasteiger partial charge on any atom is -0.497 e. The lowest BCUT2D eigenvalue weighted by molar-refractivity contribution is 0.0950. The van der Waals surface area contributed by atoms with Gasteiger partial charge in [0.2, 0.25) is 5.95 Å². The van der Waals surface area contributed by atoms with E-state index in [4.69, 9.17) is 4.74 Å². The van der Waals surface area contributed by atoms with Crippen molar-refractivity contribution >= 4 is 11.9 Å². The number of anilines is 1. The Labute approximate surface area is 149 Å². The van der Waals surface area contributed by atoms with Gasteiger partial charge < -0.3 is 15.4 Å². The number of nitrogens with one attached hydrogen (secondary N) is 2. The summed E-state index contributed by atoms with van der Waals surface area (Å²) >= 11 is 0. The third-order valence-corrected chi connectivity index (χ3v) is 3.82. The zero-order valence-corrected chi connectivity index (χ0v) is 15.3. The largest absolute Gasteiger partial charge is 0.497 e. The summed E-state index contributed by atoms with van der Waals surface area (Å²) < 4.78 is 5.21. The maximum absolute atomic E-state index is 12.2. The molecular weight excluding hydrogens is 316 g/mol. The van der Waals surface area contributed by atoms with Crippen LogP contribution in [0.1, 0.15) is 41.9 Å². The van der Waals surface area contributed by atoms with Crippen molar-refractivity contribution in [3.8, 4) is 5.75 Å². The van der Waals surface area contributed by atoms with Crippen LogP contribution >= 0.6 is 0 Å². The first kappa shape index (κ1) is 18.7. The minimum atomic E-state index is -0.127. The summed E-state index contributed by atoms with van der Waals surface area (Å²) in [6.45, 7) is 7.31. The molecule has 0 saturated heterocycles. The van der Waals surface area contributed by atoms with Gasteiger partial charge in [0.15, 0.2) is 0 Å². The van der Waals surface area contributed by atoms with E-state index in [1.54, 1.807) is 13.3 Å². The van der Waals surface area contributed by atoms with Crippen LogP contribution in [0.15, 0.2) is 30.5 Å². The van der Waals surface area contributed by atoms with E-state index in [2.05, 4.69) is 34.4 Å². The van der Waals surface area contributed by atoms with E-state index in [1.807, 2.05) is 31.2 Å². The molecule has 1 aromatic carbocycles. The number of carbonyl (C=O) groups is 1. The van der Waals surface area contributed by atoms with Crippen LogP contribution in [-0.2, 0) is 6.54 Å². The van der Waals surface area contributed by atoms with E-state index < -0.39 is 0 Å². The molecule has 0 unspecified atom stereocenters. The Bertz CT molecular complexity index is 716. The number of hydrogen-bond donors (Lipinski definition) is 2. The molecule has 0 aliphatic rings. The second-order valence-corrected chi connectivity index (χ2v) is 6.34. The lowest BCUT2D eigenvalue weighted by Crippen LogP contribution is -2.26. The Morgan fingerprint density at radius 1 is 1.32 bits per heavy atom. The van der Waals surface area contributed by atoms with Gasteiger partial charge in [-0.3, -0.25) is 4.79 Å². The molecule has 1 aromatic heterocycles. The van der Waals surface area contributed by atoms with Crippen molar-refractivity contribution in [2.75, 3.05) is 19.0 Å². The maximum Gasteiger partial charge on any atom is 0.254 e. The van der Waals surface area contributed by atoms with Gasteiger partial charge in [-0.25, -0.2) is 9.97 Å². The molecule has 0 aliphatic heterocycles. The van der Waals surface area contributed by atoms with Gasteiger partial charge in [0.1, 0.15) is 5.75 Å². The molecular formula is C19H26N4O2. The van der Waals surface area contributed by atoms with Crippen LogP contribution in [0.5, 0.6) is 5.75 Å². The van der Waals surface area contributed by atoms with E-state index in [-0.39, 0.29) is 5.91 Å². The SMILES string of the molecule is COc1cccc(CNc2ncc(C(=O)NCCC(C)C)c(C)n2)c1. The second-order valence-electron chi connectivity index (χ2n) is 6.34. The first-order chi connectivity index (χ1) is 12.0. The molecule has 1 heterocycles. The number of aromatic nitrogens is 2. The average molecular weight is 342 g/mol. The molecule has 25 heavy (non-hydrogen) atoms. The molecule has 6 nitrogen and oxygen atoms in total. The van der Waals surface area contributed by atoms with Crippen molar-refractivity contribution in [1.82, 2.24) is 15.3 Å². The Morgan fingerprint density at radius 2 is 2.12 bits per heavy atom. The number of hydrogen-bond acceptors (Lipinski definition) is 5. The number of ether oxygens (including phenoxy) is 1. The lowest BCUT2D eigenvalue weighted by atomic mass is 10.1. The summed E-state index contributed by atoms with van der Waals surface area (Å²) in [5.41, 5.74) is 2.23. The number of nitrogens with zero attached hydrogens (tertiary/aromatic N) is 2. The number of aryl methyl sites for hydroxylation is 1. The highest BCUT2D eigenvalue weighted by atomic mass is 16.5. The fraction of sp³-hybridized carbons (Fsp3) is 0.421. The molecule has 0 spiro atoms. The predicted octanol–water partition coefficient (Wildman–Crippen LogP) is 3.18. The van der Waals surface area contributed by atoms with E-state index in [9.17, 15) is 4.79 Å². The highest BCUT2D eigenvalue weighted by Crippen LogP contribution is 2.14. The fourth-order valence-corrected chi connectivity index (χ4v) is 2.31. The van der Waals surface area contributed by atoms with E-state index in [0.29, 0.717) is 36.2 Å². The van der Waals surface area contributed by atoms with Crippen LogP contribution < -0.4 is 15.4 Å². The van der Waals surface area contributed by atoms with Crippen LogP contribution in [-0.4, -0.2) is 29.5 Å². The van der Waals surface area contributed by atoms with Gasteiger partial charge in [0, 0.05) is 19.3 Å². The smallest absolute Gasteiger partial charge is 0.254 e. The number of amides is 1. The van der Waals surface area contributed by atoms with Crippen LogP contribution in [0.4, 0.5) is 5.95 Å². The average Bonchev–Trinajstić information content (AvgIpc) is 2.59. The highest BCUT2D eigenvalue weighted by molar-refractivity contribution is 5.94. The quantitative estimate of drug-likeness (QED) is 0.770. The molecule has 1 amide bonds. The first-order valence-electron chi connectivity index (χ1n) is 8.48. The zero-order chi connectivity index (χ0) is 18.2. The van der Waals surface area contributed by atoms with Crippen LogP contribution in [0.3, 0.4) is 0 Å². The zero-order valence-electron chi connectivity index (χ0n) is 15.3. The Morgan fingerprint density at radius 3 is 2.80 bits per heavy atom. The van der Waals surface area contributed by atoms with Gasteiger partial charge in [-0.15, -0.1) is 0 Å². The second kappa shape index (κ2) is 9.01. The normalized spacial score (nSPS) is 10.6. The Kier molecular flexibility index (Phi) is 6.74. The molecule has 0 bridgehead atoms. The summed E-state index contributed by atoms with van der Waals surface area (Å²) in [6.07, 6.45) is 2.52. The highest BCUT2D eigenvalue weighted by Gasteiger charge is 2.11. The van der Waals surface area contributed by atoms with Gasteiger partial charge in [0.25, 0.3) is 5.91 Å². The minimum absolute atomic E-state index is 0.127. The topological polar surface area (TPSA) is 76.1 Å². The molecule has 0 atom stereocenters. The van der Waals surface area contributed by atoms with Crippen molar-refractivity contribution in [3.63, 3.8) is 0 Å². The van der Waals surface area contributed by atoms with Crippen molar-refractivity contribution in [1.29, 1.82) is 0 Å². The Balaban J connectivity index is 1.95. The lowest BCUT2D eigenvalue weighted by Gasteiger charge is -2.10. The molecule has 0 radical (unpaired) electrons. The number of methoxy groups -OCH3 is 1. The van der Waals surface area contributed by atoms with Gasteiger partial charge in [-0.1, -0.05) is 26.0 Å². The van der Waals surface area contributed by atoms with Crippen LogP contribution in [0, 0.1) is 12.8 Å². The predicted molar refractivity (Wildman–Crippen MR) is 98.9 cm³/mol. The van der Waals surface area contributed by atoms with Gasteiger partial charge in [0.05, 0.1) is 18.4 Å². The monoisotopic (exact) mass is 342 g/mol. The summed E-state index contributed by atoms with van der Waals surface area (Å²) in [4.78, 5) is 20.8. The van der Waals surface area contributed by atoms with E-state index >= 15 is 0 Å². The molecule has 0 aliphatic carbocycles. The van der Waals surface area contributed by atoms with Crippen molar-refractivity contribution in [3.05, 3.63) is 47.3 Å². The first-order valence-corrected chi connectivity index (χ1v) is 8.48. The van der Waals surface area contributed by atoms with Gasteiger partial charge in [-0.05, 0) is 37.0 Å². The summed E-state index contributed by atoms with van der Waals surface area (Å²) in [7, 11) is 1.64. The maximum atomic E-state index is 12.2. The van der Waals surface area contributed by atoms with Crippen LogP contribution in [0.25, 0.3) is 0 Å². The molecule has 2 N–H and O–H groups in total. The molecule has 6 heteroatoms. The number of rotatable bonds is 8. The third-order valence-electron chi connectivity index (χ3n) is 3.82. The summed E-state index contributed by atoms with van der Waals surface area (Å²) in [6, 6.07) is 7.79. The summed E-state index contributed by atoms with van der Waals surface area (Å²) in [5.74, 6) is 1.74. The third kappa shape index (κ3) is 5.74. The molecule has 0 fully saturated rings.